The molecule has 6 nitrogen and oxygen atoms in total. The molecule has 0 unspecified atom stereocenters. The van der Waals surface area contributed by atoms with Gasteiger partial charge >= 0.3 is 5.97 Å². The highest BCUT2D eigenvalue weighted by Crippen LogP contribution is 2.17. The van der Waals surface area contributed by atoms with Crippen molar-refractivity contribution < 1.29 is 23.4 Å². The van der Waals surface area contributed by atoms with Gasteiger partial charge in [-0.2, -0.15) is 0 Å². The van der Waals surface area contributed by atoms with Crippen LogP contribution >= 0.6 is 0 Å². The van der Waals surface area contributed by atoms with E-state index in [-0.39, 0.29) is 17.1 Å². The fourth-order valence-corrected chi connectivity index (χ4v) is 3.24. The Morgan fingerprint density at radius 3 is 2.48 bits per heavy atom. The topological polar surface area (TPSA) is 104 Å². The molecule has 118 valence electrons. The third-order valence-electron chi connectivity index (χ3n) is 3.10. The van der Waals surface area contributed by atoms with Crippen molar-refractivity contribution in [3.63, 3.8) is 0 Å². The second-order valence-electron chi connectivity index (χ2n) is 4.82. The quantitative estimate of drug-likeness (QED) is 0.599. The third-order valence-corrected chi connectivity index (χ3v) is 4.70. The molecule has 0 aliphatic carbocycles. The lowest BCUT2D eigenvalue weighted by Gasteiger charge is -2.10. The molecule has 0 radical (unpaired) electrons. The van der Waals surface area contributed by atoms with Crippen molar-refractivity contribution in [2.75, 3.05) is 13.2 Å². The van der Waals surface area contributed by atoms with Crippen molar-refractivity contribution in [1.29, 1.82) is 0 Å². The summed E-state index contributed by atoms with van der Waals surface area (Å²) < 4.78 is 26.8. The van der Waals surface area contributed by atoms with Crippen molar-refractivity contribution in [2.45, 2.75) is 37.5 Å². The number of aliphatic hydroxyl groups excluding tert-OH is 1. The molecule has 0 atom stereocenters. The Labute approximate surface area is 124 Å². The monoisotopic (exact) mass is 315 g/mol. The van der Waals surface area contributed by atoms with Gasteiger partial charge in [0.2, 0.25) is 10.0 Å². The fraction of sp³-hybridized carbons (Fsp3) is 0.500. The summed E-state index contributed by atoms with van der Waals surface area (Å²) in [6, 6.07) is 4.04. The maximum atomic E-state index is 12.2. The summed E-state index contributed by atoms with van der Waals surface area (Å²) in [6.45, 7) is 2.07. The molecule has 0 fully saturated rings. The second-order valence-corrected chi connectivity index (χ2v) is 6.56. The average Bonchev–Trinajstić information content (AvgIpc) is 2.42. The van der Waals surface area contributed by atoms with Crippen LogP contribution in [0.15, 0.2) is 23.1 Å². The number of hydrogen-bond donors (Lipinski definition) is 3. The van der Waals surface area contributed by atoms with Crippen LogP contribution in [-0.2, 0) is 10.0 Å². The minimum absolute atomic E-state index is 0.00208. The molecule has 3 N–H and O–H groups in total. The standard InChI is InChI=1S/C14H21NO5S/c1-11-6-7-12(14(17)18)10-13(11)21(19,20)15-8-4-2-3-5-9-16/h6-7,10,15-16H,2-5,8-9H2,1H3,(H,17,18). The number of aromatic carboxylic acids is 1. The van der Waals surface area contributed by atoms with Crippen molar-refractivity contribution in [1.82, 2.24) is 4.72 Å². The van der Waals surface area contributed by atoms with Gasteiger partial charge in [0.1, 0.15) is 0 Å². The molecule has 0 bridgehead atoms. The summed E-state index contributed by atoms with van der Waals surface area (Å²) in [6.07, 6.45) is 3.08. The Bertz CT molecular complexity index is 583. The van der Waals surface area contributed by atoms with Crippen LogP contribution in [0, 0.1) is 6.92 Å². The molecule has 0 amide bonds. The number of carbonyl (C=O) groups is 1. The van der Waals surface area contributed by atoms with Gasteiger partial charge in [0, 0.05) is 13.2 Å². The van der Waals surface area contributed by atoms with E-state index in [9.17, 15) is 13.2 Å². The first-order chi connectivity index (χ1) is 9.88. The Kier molecular flexibility index (Phi) is 6.80. The third kappa shape index (κ3) is 5.45. The number of benzene rings is 1. The van der Waals surface area contributed by atoms with E-state index >= 15 is 0 Å². The van der Waals surface area contributed by atoms with Crippen LogP contribution in [0.4, 0.5) is 0 Å². The highest BCUT2D eigenvalue weighted by Gasteiger charge is 2.18. The minimum atomic E-state index is -3.70. The van der Waals surface area contributed by atoms with Crippen LogP contribution in [0.1, 0.15) is 41.6 Å². The number of rotatable bonds is 9. The molecule has 21 heavy (non-hydrogen) atoms. The van der Waals surface area contributed by atoms with Gasteiger partial charge in [-0.05, 0) is 37.5 Å². The summed E-state index contributed by atoms with van der Waals surface area (Å²) in [5, 5.41) is 17.6. The zero-order valence-corrected chi connectivity index (χ0v) is 12.8. The van der Waals surface area contributed by atoms with E-state index in [0.717, 1.165) is 12.8 Å². The van der Waals surface area contributed by atoms with Gasteiger partial charge in [0.15, 0.2) is 0 Å². The van der Waals surface area contributed by atoms with Gasteiger partial charge in [-0.25, -0.2) is 17.9 Å². The Morgan fingerprint density at radius 1 is 1.19 bits per heavy atom. The smallest absolute Gasteiger partial charge is 0.335 e. The van der Waals surface area contributed by atoms with Crippen LogP contribution in [0.2, 0.25) is 0 Å². The Balaban J connectivity index is 2.70. The minimum Gasteiger partial charge on any atom is -0.478 e. The van der Waals surface area contributed by atoms with Crippen molar-refractivity contribution >= 4 is 16.0 Å². The molecule has 0 saturated carbocycles. The van der Waals surface area contributed by atoms with Crippen LogP contribution < -0.4 is 4.72 Å². The lowest BCUT2D eigenvalue weighted by Crippen LogP contribution is -2.25. The zero-order valence-electron chi connectivity index (χ0n) is 12.0. The summed E-state index contributed by atoms with van der Waals surface area (Å²) in [7, 11) is -3.70. The number of unbranched alkanes of at least 4 members (excludes halogenated alkanes) is 3. The molecular formula is C14H21NO5S. The Morgan fingerprint density at radius 2 is 1.86 bits per heavy atom. The molecule has 0 spiro atoms. The van der Waals surface area contributed by atoms with E-state index in [4.69, 9.17) is 10.2 Å². The van der Waals surface area contributed by atoms with E-state index in [2.05, 4.69) is 4.72 Å². The molecule has 0 aliphatic rings. The number of sulfonamides is 1. The second kappa shape index (κ2) is 8.11. The number of hydrogen-bond acceptors (Lipinski definition) is 4. The van der Waals surface area contributed by atoms with E-state index in [1.54, 1.807) is 6.92 Å². The predicted molar refractivity (Wildman–Crippen MR) is 78.9 cm³/mol. The van der Waals surface area contributed by atoms with Gasteiger partial charge in [-0.1, -0.05) is 18.9 Å². The predicted octanol–water partition coefficient (Wildman–Crippen LogP) is 1.52. The number of nitrogens with one attached hydrogen (secondary N) is 1. The van der Waals surface area contributed by atoms with E-state index in [1.807, 2.05) is 0 Å². The first-order valence-electron chi connectivity index (χ1n) is 6.83. The van der Waals surface area contributed by atoms with Crippen LogP contribution in [0.25, 0.3) is 0 Å². The number of aryl methyl sites for hydroxylation is 1. The molecule has 0 heterocycles. The van der Waals surface area contributed by atoms with E-state index in [1.165, 1.54) is 18.2 Å². The summed E-state index contributed by atoms with van der Waals surface area (Å²) in [5.74, 6) is -1.16. The highest BCUT2D eigenvalue weighted by molar-refractivity contribution is 7.89. The number of carboxylic acid groups (broad SMARTS) is 1. The molecule has 1 rings (SSSR count). The summed E-state index contributed by atoms with van der Waals surface area (Å²) >= 11 is 0. The van der Waals surface area contributed by atoms with Crippen LogP contribution in [0.3, 0.4) is 0 Å². The molecule has 0 saturated heterocycles. The summed E-state index contributed by atoms with van der Waals surface area (Å²) in [5.41, 5.74) is 0.455. The lowest BCUT2D eigenvalue weighted by molar-refractivity contribution is 0.0696. The molecule has 0 aliphatic heterocycles. The van der Waals surface area contributed by atoms with E-state index < -0.39 is 16.0 Å². The molecule has 1 aromatic carbocycles. The fourth-order valence-electron chi connectivity index (χ4n) is 1.90. The lowest BCUT2D eigenvalue weighted by atomic mass is 10.1. The van der Waals surface area contributed by atoms with Crippen molar-refractivity contribution in [3.8, 4) is 0 Å². The van der Waals surface area contributed by atoms with E-state index in [0.29, 0.717) is 24.9 Å². The van der Waals surface area contributed by atoms with Crippen LogP contribution in [0.5, 0.6) is 0 Å². The number of aliphatic hydroxyl groups is 1. The number of carboxylic acids is 1. The Hall–Kier alpha value is -1.44. The van der Waals surface area contributed by atoms with Gasteiger partial charge < -0.3 is 10.2 Å². The zero-order chi connectivity index (χ0) is 15.9. The maximum Gasteiger partial charge on any atom is 0.335 e. The summed E-state index contributed by atoms with van der Waals surface area (Å²) in [4.78, 5) is 10.9. The van der Waals surface area contributed by atoms with Crippen LogP contribution in [-0.4, -0.2) is 37.8 Å². The van der Waals surface area contributed by atoms with Crippen molar-refractivity contribution in [3.05, 3.63) is 29.3 Å². The molecule has 1 aromatic rings. The molecular weight excluding hydrogens is 294 g/mol. The first kappa shape index (κ1) is 17.6. The van der Waals surface area contributed by atoms with Gasteiger partial charge in [0.05, 0.1) is 10.5 Å². The average molecular weight is 315 g/mol. The normalized spacial score (nSPS) is 11.5. The molecule has 0 aromatic heterocycles. The van der Waals surface area contributed by atoms with Gasteiger partial charge in [-0.15, -0.1) is 0 Å². The molecule has 7 heteroatoms. The maximum absolute atomic E-state index is 12.2. The first-order valence-corrected chi connectivity index (χ1v) is 8.31. The van der Waals surface area contributed by atoms with Crippen molar-refractivity contribution in [2.24, 2.45) is 0 Å². The highest BCUT2D eigenvalue weighted by atomic mass is 32.2. The van der Waals surface area contributed by atoms with Gasteiger partial charge in [-0.3, -0.25) is 0 Å². The van der Waals surface area contributed by atoms with Gasteiger partial charge in [0.25, 0.3) is 0 Å². The SMILES string of the molecule is Cc1ccc(C(=O)O)cc1S(=O)(=O)NCCCCCCO. The largest absolute Gasteiger partial charge is 0.478 e.